The zero-order chi connectivity index (χ0) is 45.9. The molecule has 0 aromatic carbocycles. The minimum atomic E-state index is -1.26. The summed E-state index contributed by atoms with van der Waals surface area (Å²) in [7, 11) is 0. The Morgan fingerprint density at radius 3 is 0.905 bits per heavy atom. The topological polar surface area (TPSA) is 89.9 Å². The van der Waals surface area contributed by atoms with Crippen LogP contribution < -0.4 is 0 Å². The summed E-state index contributed by atoms with van der Waals surface area (Å²) in [6, 6.07) is 0. The highest BCUT2D eigenvalue weighted by Crippen LogP contribution is 2.18. The minimum absolute atomic E-state index is 0.219. The van der Waals surface area contributed by atoms with Crippen molar-refractivity contribution in [3.63, 3.8) is 0 Å². The molecule has 0 aliphatic rings. The van der Waals surface area contributed by atoms with Crippen molar-refractivity contribution in [1.82, 2.24) is 0 Å². The molecule has 0 saturated heterocycles. The molecule has 63 heavy (non-hydrogen) atoms. The molecule has 368 valence electrons. The Morgan fingerprint density at radius 2 is 0.603 bits per heavy atom. The summed E-state index contributed by atoms with van der Waals surface area (Å²) in [4.78, 5) is 39.4. The van der Waals surface area contributed by atoms with Gasteiger partial charge in [-0.05, 0) is 96.3 Å². The first-order valence-electron chi connectivity index (χ1n) is 27.5. The van der Waals surface area contributed by atoms with Crippen molar-refractivity contribution in [2.24, 2.45) is 0 Å². The standard InChI is InChI=1S/C57H104O6/c1-4-7-10-13-16-19-22-25-28-31-34-37-40-43-46-49-53(59)57(63-56(61)51-48-45-42-39-36-33-30-27-24-21-18-15-12-9-6-3)54(52-58)62-55(60)50-47-44-41-38-35-32-29-26-23-20-17-14-11-8-5-2/h25-30,54,57-58H,4-24,31-52H2,1-3H3. The third-order valence-corrected chi connectivity index (χ3v) is 12.3. The maximum absolute atomic E-state index is 13.5. The first-order valence-corrected chi connectivity index (χ1v) is 27.5. The number of esters is 2. The predicted octanol–water partition coefficient (Wildman–Crippen LogP) is 17.5. The van der Waals surface area contributed by atoms with Gasteiger partial charge in [0.15, 0.2) is 18.0 Å². The molecule has 0 heterocycles. The molecule has 0 aliphatic heterocycles. The van der Waals surface area contributed by atoms with Gasteiger partial charge in [-0.1, -0.05) is 211 Å². The Labute approximate surface area is 391 Å². The number of unbranched alkanes of at least 4 members (excludes halogenated alkanes) is 33. The van der Waals surface area contributed by atoms with Crippen LogP contribution in [0.1, 0.15) is 290 Å². The number of allylic oxidation sites excluding steroid dienone is 6. The molecule has 0 aromatic heterocycles. The fourth-order valence-electron chi connectivity index (χ4n) is 8.16. The van der Waals surface area contributed by atoms with Crippen LogP contribution in [0.4, 0.5) is 0 Å². The van der Waals surface area contributed by atoms with E-state index in [1.807, 2.05) is 0 Å². The summed E-state index contributed by atoms with van der Waals surface area (Å²) in [6.07, 6.45) is 58.0. The average Bonchev–Trinajstić information content (AvgIpc) is 3.28. The normalized spacial score (nSPS) is 12.8. The maximum Gasteiger partial charge on any atom is 0.306 e. The van der Waals surface area contributed by atoms with Crippen molar-refractivity contribution >= 4 is 17.7 Å². The average molecular weight is 885 g/mol. The number of aliphatic hydroxyl groups is 1. The predicted molar refractivity (Wildman–Crippen MR) is 270 cm³/mol. The Kier molecular flexibility index (Phi) is 49.0. The molecule has 0 amide bonds. The third kappa shape index (κ3) is 44.8. The number of ketones is 1. The molecular formula is C57H104O6. The van der Waals surface area contributed by atoms with Crippen LogP contribution in [0.5, 0.6) is 0 Å². The van der Waals surface area contributed by atoms with E-state index in [2.05, 4.69) is 57.2 Å². The molecule has 6 heteroatoms. The van der Waals surface area contributed by atoms with Crippen LogP contribution in [0.15, 0.2) is 36.5 Å². The quantitative estimate of drug-likeness (QED) is 0.0372. The van der Waals surface area contributed by atoms with Gasteiger partial charge in [-0.15, -0.1) is 0 Å². The van der Waals surface area contributed by atoms with Gasteiger partial charge in [-0.25, -0.2) is 0 Å². The number of carbonyl (C=O) groups is 3. The summed E-state index contributed by atoms with van der Waals surface area (Å²) in [6.45, 7) is 6.22. The van der Waals surface area contributed by atoms with Gasteiger partial charge in [0.05, 0.1) is 6.61 Å². The van der Waals surface area contributed by atoms with E-state index < -0.39 is 30.8 Å². The first-order chi connectivity index (χ1) is 31.0. The van der Waals surface area contributed by atoms with Gasteiger partial charge in [0, 0.05) is 19.3 Å². The van der Waals surface area contributed by atoms with E-state index in [-0.39, 0.29) is 25.0 Å². The SMILES string of the molecule is CCCCCCCCC=CCCCCCCCC(=O)OC(CO)C(OC(=O)CCCCCCCC=CCCCCCCCC)C(=O)CCCCCCCC=CCCCCCCCC. The smallest absolute Gasteiger partial charge is 0.306 e. The second-order valence-electron chi connectivity index (χ2n) is 18.6. The summed E-state index contributed by atoms with van der Waals surface area (Å²) < 4.78 is 11.4. The summed E-state index contributed by atoms with van der Waals surface area (Å²) in [5.74, 6) is -1.17. The van der Waals surface area contributed by atoms with E-state index in [1.54, 1.807) is 0 Å². The van der Waals surface area contributed by atoms with Crippen LogP contribution in [0, 0.1) is 0 Å². The van der Waals surface area contributed by atoms with Crippen molar-refractivity contribution in [2.75, 3.05) is 6.61 Å². The summed E-state index contributed by atoms with van der Waals surface area (Å²) in [5, 5.41) is 10.3. The number of hydrogen-bond donors (Lipinski definition) is 1. The number of ether oxygens (including phenoxy) is 2. The molecule has 0 saturated carbocycles. The summed E-state index contributed by atoms with van der Waals surface area (Å²) in [5.41, 5.74) is 0. The maximum atomic E-state index is 13.5. The van der Waals surface area contributed by atoms with Crippen molar-refractivity contribution < 1.29 is 29.0 Å². The highest BCUT2D eigenvalue weighted by atomic mass is 16.6. The lowest BCUT2D eigenvalue weighted by Gasteiger charge is -2.25. The largest absolute Gasteiger partial charge is 0.455 e. The van der Waals surface area contributed by atoms with Gasteiger partial charge >= 0.3 is 11.9 Å². The third-order valence-electron chi connectivity index (χ3n) is 12.3. The molecule has 6 nitrogen and oxygen atoms in total. The van der Waals surface area contributed by atoms with Gasteiger partial charge in [-0.2, -0.15) is 0 Å². The second-order valence-corrected chi connectivity index (χ2v) is 18.6. The molecule has 0 rings (SSSR count). The zero-order valence-electron chi connectivity index (χ0n) is 42.0. The molecule has 0 bridgehead atoms. The van der Waals surface area contributed by atoms with Gasteiger partial charge in [0.2, 0.25) is 0 Å². The lowest BCUT2D eigenvalue weighted by molar-refractivity contribution is -0.175. The molecule has 2 atom stereocenters. The van der Waals surface area contributed by atoms with Crippen LogP contribution in [-0.2, 0) is 23.9 Å². The summed E-state index contributed by atoms with van der Waals surface area (Å²) >= 11 is 0. The van der Waals surface area contributed by atoms with E-state index in [4.69, 9.17) is 9.47 Å². The fraction of sp³-hybridized carbons (Fsp3) is 0.842. The molecule has 2 unspecified atom stereocenters. The van der Waals surface area contributed by atoms with Crippen molar-refractivity contribution in [1.29, 1.82) is 0 Å². The molecule has 0 fully saturated rings. The highest BCUT2D eigenvalue weighted by Gasteiger charge is 2.34. The molecule has 0 spiro atoms. The van der Waals surface area contributed by atoms with Crippen molar-refractivity contribution in [2.45, 2.75) is 303 Å². The van der Waals surface area contributed by atoms with Gasteiger partial charge in [-0.3, -0.25) is 14.4 Å². The Morgan fingerprint density at radius 1 is 0.349 bits per heavy atom. The Bertz CT molecular complexity index is 1080. The monoisotopic (exact) mass is 885 g/mol. The molecule has 0 aromatic rings. The van der Waals surface area contributed by atoms with Crippen molar-refractivity contribution in [3.8, 4) is 0 Å². The minimum Gasteiger partial charge on any atom is -0.455 e. The second kappa shape index (κ2) is 50.8. The number of rotatable bonds is 50. The molecule has 0 aliphatic carbocycles. The van der Waals surface area contributed by atoms with Gasteiger partial charge in [0.1, 0.15) is 0 Å². The fourth-order valence-corrected chi connectivity index (χ4v) is 8.16. The Balaban J connectivity index is 4.66. The molecular weight excluding hydrogens is 781 g/mol. The number of aliphatic hydroxyl groups excluding tert-OH is 1. The number of hydrogen-bond acceptors (Lipinski definition) is 6. The van der Waals surface area contributed by atoms with E-state index >= 15 is 0 Å². The lowest BCUT2D eigenvalue weighted by Crippen LogP contribution is -2.43. The molecule has 0 radical (unpaired) electrons. The first kappa shape index (κ1) is 60.8. The van der Waals surface area contributed by atoms with E-state index in [0.717, 1.165) is 96.3 Å². The van der Waals surface area contributed by atoms with Crippen molar-refractivity contribution in [3.05, 3.63) is 36.5 Å². The van der Waals surface area contributed by atoms with E-state index in [1.165, 1.54) is 135 Å². The number of Topliss-reactive ketones (excluding diaryl/α,β-unsaturated/α-hetero) is 1. The van der Waals surface area contributed by atoms with Gasteiger partial charge < -0.3 is 14.6 Å². The van der Waals surface area contributed by atoms with E-state index in [0.29, 0.717) is 19.3 Å². The van der Waals surface area contributed by atoms with Crippen LogP contribution in [0.3, 0.4) is 0 Å². The van der Waals surface area contributed by atoms with E-state index in [9.17, 15) is 19.5 Å². The van der Waals surface area contributed by atoms with Crippen LogP contribution in [-0.4, -0.2) is 41.6 Å². The zero-order valence-corrected chi connectivity index (χ0v) is 42.0. The Hall–Kier alpha value is -2.21. The van der Waals surface area contributed by atoms with Crippen LogP contribution in [0.2, 0.25) is 0 Å². The van der Waals surface area contributed by atoms with Crippen LogP contribution in [0.25, 0.3) is 0 Å². The van der Waals surface area contributed by atoms with Crippen LogP contribution >= 0.6 is 0 Å². The molecule has 1 N–H and O–H groups in total. The lowest BCUT2D eigenvalue weighted by atomic mass is 10.0. The van der Waals surface area contributed by atoms with Gasteiger partial charge in [0.25, 0.3) is 0 Å². The highest BCUT2D eigenvalue weighted by molar-refractivity contribution is 5.86. The number of carbonyl (C=O) groups excluding carboxylic acids is 3.